The largest absolute Gasteiger partial charge is 0.494 e. The van der Waals surface area contributed by atoms with E-state index in [9.17, 15) is 0 Å². The van der Waals surface area contributed by atoms with Crippen LogP contribution >= 0.6 is 0 Å². The molecule has 90 valence electrons. The summed E-state index contributed by atoms with van der Waals surface area (Å²) >= 11 is 0. The summed E-state index contributed by atoms with van der Waals surface area (Å²) in [4.78, 5) is 0. The highest BCUT2D eigenvalue weighted by Crippen LogP contribution is 2.18. The van der Waals surface area contributed by atoms with Crippen LogP contribution < -0.4 is 15.8 Å². The average Bonchev–Trinajstić information content (AvgIpc) is 2.21. The van der Waals surface area contributed by atoms with Crippen LogP contribution in [-0.2, 0) is 6.54 Å². The van der Waals surface area contributed by atoms with Crippen LogP contribution in [0.1, 0.15) is 25.0 Å². The van der Waals surface area contributed by atoms with Crippen LogP contribution in [0.5, 0.6) is 5.75 Å². The van der Waals surface area contributed by atoms with Gasteiger partial charge < -0.3 is 15.8 Å². The minimum Gasteiger partial charge on any atom is -0.494 e. The number of benzene rings is 1. The third-order valence-electron chi connectivity index (χ3n) is 2.33. The lowest BCUT2D eigenvalue weighted by Gasteiger charge is -2.11. The van der Waals surface area contributed by atoms with E-state index >= 15 is 0 Å². The minimum atomic E-state index is 0.198. The van der Waals surface area contributed by atoms with E-state index in [4.69, 9.17) is 10.5 Å². The lowest BCUT2D eigenvalue weighted by Crippen LogP contribution is -2.30. The van der Waals surface area contributed by atoms with Crippen molar-refractivity contribution in [3.8, 4) is 5.75 Å². The number of aryl methyl sites for hydroxylation is 1. The topological polar surface area (TPSA) is 47.3 Å². The number of hydrogen-bond donors (Lipinski definition) is 2. The second kappa shape index (κ2) is 6.51. The zero-order valence-corrected chi connectivity index (χ0v) is 10.4. The highest BCUT2D eigenvalue weighted by molar-refractivity contribution is 5.36. The lowest BCUT2D eigenvalue weighted by molar-refractivity contribution is 0.338. The molecule has 0 aliphatic carbocycles. The molecule has 0 aliphatic heterocycles. The molecule has 1 unspecified atom stereocenters. The Kier molecular flexibility index (Phi) is 5.29. The Morgan fingerprint density at radius 2 is 2.19 bits per heavy atom. The third-order valence-corrected chi connectivity index (χ3v) is 2.33. The van der Waals surface area contributed by atoms with Crippen LogP contribution in [0.2, 0.25) is 0 Å². The van der Waals surface area contributed by atoms with E-state index in [0.29, 0.717) is 6.61 Å². The van der Waals surface area contributed by atoms with Gasteiger partial charge in [-0.15, -0.1) is 0 Å². The molecule has 0 aliphatic rings. The summed E-state index contributed by atoms with van der Waals surface area (Å²) in [6.07, 6.45) is 0. The predicted octanol–water partition coefficient (Wildman–Crippen LogP) is 1.83. The van der Waals surface area contributed by atoms with Crippen LogP contribution in [0, 0.1) is 6.92 Å². The summed E-state index contributed by atoms with van der Waals surface area (Å²) in [5.41, 5.74) is 8.12. The molecular formula is C13H22N2O. The van der Waals surface area contributed by atoms with E-state index in [1.165, 1.54) is 11.1 Å². The number of ether oxygens (including phenoxy) is 1. The van der Waals surface area contributed by atoms with E-state index in [1.54, 1.807) is 0 Å². The van der Waals surface area contributed by atoms with Gasteiger partial charge in [0.2, 0.25) is 0 Å². The Morgan fingerprint density at radius 1 is 1.44 bits per heavy atom. The van der Waals surface area contributed by atoms with E-state index < -0.39 is 0 Å². The van der Waals surface area contributed by atoms with Crippen molar-refractivity contribution in [3.05, 3.63) is 29.3 Å². The smallest absolute Gasteiger partial charge is 0.122 e. The maximum atomic E-state index is 5.67. The van der Waals surface area contributed by atoms with Crippen molar-refractivity contribution in [2.75, 3.05) is 13.2 Å². The first-order valence-corrected chi connectivity index (χ1v) is 5.82. The molecule has 1 rings (SSSR count). The molecule has 16 heavy (non-hydrogen) atoms. The van der Waals surface area contributed by atoms with Crippen molar-refractivity contribution in [1.82, 2.24) is 5.32 Å². The first-order chi connectivity index (χ1) is 7.63. The van der Waals surface area contributed by atoms with Crippen molar-refractivity contribution in [3.63, 3.8) is 0 Å². The Balaban J connectivity index is 2.52. The van der Waals surface area contributed by atoms with Gasteiger partial charge in [0.25, 0.3) is 0 Å². The molecule has 0 heterocycles. The van der Waals surface area contributed by atoms with E-state index in [2.05, 4.69) is 24.4 Å². The molecule has 0 amide bonds. The third kappa shape index (κ3) is 4.21. The molecule has 0 bridgehead atoms. The van der Waals surface area contributed by atoms with Crippen LogP contribution in [0.25, 0.3) is 0 Å². The Hall–Kier alpha value is -1.06. The van der Waals surface area contributed by atoms with Crippen molar-refractivity contribution >= 4 is 0 Å². The van der Waals surface area contributed by atoms with Crippen LogP contribution in [0.3, 0.4) is 0 Å². The van der Waals surface area contributed by atoms with Gasteiger partial charge in [-0.25, -0.2) is 0 Å². The van der Waals surface area contributed by atoms with Crippen molar-refractivity contribution in [2.45, 2.75) is 33.4 Å². The van der Waals surface area contributed by atoms with Crippen LogP contribution in [0.15, 0.2) is 18.2 Å². The summed E-state index contributed by atoms with van der Waals surface area (Å²) in [7, 11) is 0. The van der Waals surface area contributed by atoms with Crippen LogP contribution in [-0.4, -0.2) is 19.2 Å². The number of rotatable bonds is 6. The van der Waals surface area contributed by atoms with Gasteiger partial charge in [0.1, 0.15) is 5.75 Å². The normalized spacial score (nSPS) is 12.5. The molecule has 1 aromatic rings. The molecule has 0 saturated carbocycles. The number of nitrogens with two attached hydrogens (primary N) is 1. The maximum absolute atomic E-state index is 5.67. The zero-order valence-electron chi connectivity index (χ0n) is 10.4. The molecule has 3 N–H and O–H groups in total. The monoisotopic (exact) mass is 222 g/mol. The molecular weight excluding hydrogens is 200 g/mol. The van der Waals surface area contributed by atoms with Gasteiger partial charge in [0, 0.05) is 19.1 Å². The molecule has 0 saturated heterocycles. The lowest BCUT2D eigenvalue weighted by atomic mass is 10.1. The quantitative estimate of drug-likeness (QED) is 0.772. The molecule has 1 aromatic carbocycles. The van der Waals surface area contributed by atoms with Gasteiger partial charge in [-0.05, 0) is 38.0 Å². The first kappa shape index (κ1) is 13.0. The molecule has 3 nitrogen and oxygen atoms in total. The van der Waals surface area contributed by atoms with Crippen molar-refractivity contribution in [1.29, 1.82) is 0 Å². The summed E-state index contributed by atoms with van der Waals surface area (Å²) < 4.78 is 5.49. The molecule has 0 spiro atoms. The predicted molar refractivity (Wildman–Crippen MR) is 67.7 cm³/mol. The van der Waals surface area contributed by atoms with Crippen LogP contribution in [0.4, 0.5) is 0 Å². The molecule has 0 aromatic heterocycles. The Bertz CT molecular complexity index is 324. The fourth-order valence-electron chi connectivity index (χ4n) is 1.58. The minimum absolute atomic E-state index is 0.198. The van der Waals surface area contributed by atoms with Gasteiger partial charge in [0.15, 0.2) is 0 Å². The summed E-state index contributed by atoms with van der Waals surface area (Å²) in [6, 6.07) is 6.47. The second-order valence-electron chi connectivity index (χ2n) is 4.14. The highest BCUT2D eigenvalue weighted by atomic mass is 16.5. The highest BCUT2D eigenvalue weighted by Gasteiger charge is 2.01. The Morgan fingerprint density at radius 3 is 2.75 bits per heavy atom. The Labute approximate surface area is 98.0 Å². The van der Waals surface area contributed by atoms with E-state index in [0.717, 1.165) is 18.8 Å². The van der Waals surface area contributed by atoms with E-state index in [-0.39, 0.29) is 6.04 Å². The molecule has 0 fully saturated rings. The maximum Gasteiger partial charge on any atom is 0.122 e. The number of nitrogens with one attached hydrogen (secondary N) is 1. The number of hydrogen-bond acceptors (Lipinski definition) is 3. The van der Waals surface area contributed by atoms with Gasteiger partial charge in [-0.1, -0.05) is 12.1 Å². The standard InChI is InChI=1S/C13H22N2O/c1-4-16-13-6-5-12(7-10(13)2)9-15-8-11(3)14/h5-7,11,15H,4,8-9,14H2,1-3H3. The molecule has 0 radical (unpaired) electrons. The van der Waals surface area contributed by atoms with Gasteiger partial charge in [-0.2, -0.15) is 0 Å². The zero-order chi connectivity index (χ0) is 12.0. The SMILES string of the molecule is CCOc1ccc(CNCC(C)N)cc1C. The fourth-order valence-corrected chi connectivity index (χ4v) is 1.58. The first-order valence-electron chi connectivity index (χ1n) is 5.82. The fraction of sp³-hybridized carbons (Fsp3) is 0.538. The summed E-state index contributed by atoms with van der Waals surface area (Å²) in [5.74, 6) is 0.971. The van der Waals surface area contributed by atoms with E-state index in [1.807, 2.05) is 19.9 Å². The summed E-state index contributed by atoms with van der Waals surface area (Å²) in [6.45, 7) is 8.47. The molecule has 1 atom stereocenters. The average molecular weight is 222 g/mol. The van der Waals surface area contributed by atoms with Gasteiger partial charge in [0.05, 0.1) is 6.61 Å². The van der Waals surface area contributed by atoms with Gasteiger partial charge >= 0.3 is 0 Å². The van der Waals surface area contributed by atoms with Crippen molar-refractivity contribution in [2.24, 2.45) is 5.73 Å². The van der Waals surface area contributed by atoms with Crippen molar-refractivity contribution < 1.29 is 4.74 Å². The summed E-state index contributed by atoms with van der Waals surface area (Å²) in [5, 5.41) is 3.31. The second-order valence-corrected chi connectivity index (χ2v) is 4.14. The van der Waals surface area contributed by atoms with Gasteiger partial charge in [-0.3, -0.25) is 0 Å². The molecule has 3 heteroatoms.